The average Bonchev–Trinajstić information content (AvgIpc) is 2.92. The van der Waals surface area contributed by atoms with Gasteiger partial charge in [0.1, 0.15) is 0 Å². The molecule has 1 heterocycles. The molecule has 0 bridgehead atoms. The van der Waals surface area contributed by atoms with E-state index < -0.39 is 0 Å². The van der Waals surface area contributed by atoms with E-state index in [1.54, 1.807) is 0 Å². The molecule has 0 spiro atoms. The molecule has 0 aliphatic heterocycles. The SMILES string of the molecule is C[C@@H](NCc1ccc2[nH]ccc2c1)c1cccc(Br)c1. The van der Waals surface area contributed by atoms with Gasteiger partial charge in [0, 0.05) is 28.8 Å². The van der Waals surface area contributed by atoms with Crippen molar-refractivity contribution in [3.63, 3.8) is 0 Å². The smallest absolute Gasteiger partial charge is 0.0454 e. The number of H-pyrrole nitrogens is 1. The van der Waals surface area contributed by atoms with E-state index >= 15 is 0 Å². The summed E-state index contributed by atoms with van der Waals surface area (Å²) in [5.74, 6) is 0. The molecule has 20 heavy (non-hydrogen) atoms. The average molecular weight is 329 g/mol. The Kier molecular flexibility index (Phi) is 3.90. The molecule has 3 aromatic rings. The lowest BCUT2D eigenvalue weighted by Crippen LogP contribution is -2.17. The van der Waals surface area contributed by atoms with E-state index in [2.05, 4.69) is 81.7 Å². The van der Waals surface area contributed by atoms with Gasteiger partial charge in [-0.2, -0.15) is 0 Å². The molecule has 0 fully saturated rings. The maximum atomic E-state index is 3.57. The van der Waals surface area contributed by atoms with Crippen LogP contribution in [0, 0.1) is 0 Å². The summed E-state index contributed by atoms with van der Waals surface area (Å²) in [5.41, 5.74) is 3.79. The maximum Gasteiger partial charge on any atom is 0.0454 e. The van der Waals surface area contributed by atoms with Gasteiger partial charge in [0.2, 0.25) is 0 Å². The van der Waals surface area contributed by atoms with Gasteiger partial charge in [0.15, 0.2) is 0 Å². The molecule has 0 saturated heterocycles. The zero-order chi connectivity index (χ0) is 13.9. The minimum Gasteiger partial charge on any atom is -0.361 e. The van der Waals surface area contributed by atoms with Gasteiger partial charge in [-0.3, -0.25) is 0 Å². The maximum absolute atomic E-state index is 3.57. The minimum absolute atomic E-state index is 0.328. The summed E-state index contributed by atoms with van der Waals surface area (Å²) in [5, 5.41) is 4.83. The van der Waals surface area contributed by atoms with Crippen LogP contribution in [0.15, 0.2) is 59.2 Å². The second-order valence-electron chi connectivity index (χ2n) is 5.06. The van der Waals surface area contributed by atoms with E-state index in [1.807, 2.05) is 6.20 Å². The van der Waals surface area contributed by atoms with Crippen LogP contribution >= 0.6 is 15.9 Å². The fourth-order valence-corrected chi connectivity index (χ4v) is 2.79. The molecule has 0 radical (unpaired) electrons. The zero-order valence-corrected chi connectivity index (χ0v) is 12.9. The monoisotopic (exact) mass is 328 g/mol. The van der Waals surface area contributed by atoms with E-state index in [1.165, 1.54) is 22.0 Å². The first-order valence-electron chi connectivity index (χ1n) is 6.77. The Balaban J connectivity index is 1.69. The molecule has 0 unspecified atom stereocenters. The molecule has 0 aliphatic carbocycles. The molecule has 0 amide bonds. The lowest BCUT2D eigenvalue weighted by Gasteiger charge is -2.14. The first-order chi connectivity index (χ1) is 9.72. The third-order valence-corrected chi connectivity index (χ3v) is 4.07. The van der Waals surface area contributed by atoms with Crippen molar-refractivity contribution in [1.82, 2.24) is 10.3 Å². The van der Waals surface area contributed by atoms with Gasteiger partial charge in [0.05, 0.1) is 0 Å². The van der Waals surface area contributed by atoms with Crippen molar-refractivity contribution in [3.05, 3.63) is 70.3 Å². The first-order valence-corrected chi connectivity index (χ1v) is 7.56. The molecule has 2 N–H and O–H groups in total. The van der Waals surface area contributed by atoms with Gasteiger partial charge in [-0.05, 0) is 53.8 Å². The fraction of sp³-hybridized carbons (Fsp3) is 0.176. The lowest BCUT2D eigenvalue weighted by molar-refractivity contribution is 0.575. The second-order valence-corrected chi connectivity index (χ2v) is 5.97. The van der Waals surface area contributed by atoms with Crippen molar-refractivity contribution in [2.24, 2.45) is 0 Å². The van der Waals surface area contributed by atoms with Crippen molar-refractivity contribution in [3.8, 4) is 0 Å². The highest BCUT2D eigenvalue weighted by molar-refractivity contribution is 9.10. The van der Waals surface area contributed by atoms with E-state index in [0.717, 1.165) is 11.0 Å². The van der Waals surface area contributed by atoms with Crippen LogP contribution in [0.1, 0.15) is 24.1 Å². The largest absolute Gasteiger partial charge is 0.361 e. The number of aromatic nitrogens is 1. The van der Waals surface area contributed by atoms with Gasteiger partial charge >= 0.3 is 0 Å². The van der Waals surface area contributed by atoms with Crippen molar-refractivity contribution in [2.75, 3.05) is 0 Å². The Morgan fingerprint density at radius 3 is 2.90 bits per heavy atom. The van der Waals surface area contributed by atoms with Crippen LogP contribution in [0.2, 0.25) is 0 Å². The van der Waals surface area contributed by atoms with E-state index in [9.17, 15) is 0 Å². The standard InChI is InChI=1S/C17H17BrN2/c1-12(14-3-2-4-16(18)10-14)20-11-13-5-6-17-15(9-13)7-8-19-17/h2-10,12,19-20H,11H2,1H3/t12-/m1/s1. The van der Waals surface area contributed by atoms with E-state index in [4.69, 9.17) is 0 Å². The van der Waals surface area contributed by atoms with Crippen LogP contribution in [0.4, 0.5) is 0 Å². The Labute approximate surface area is 127 Å². The minimum atomic E-state index is 0.328. The molecule has 3 rings (SSSR count). The zero-order valence-electron chi connectivity index (χ0n) is 11.4. The van der Waals surface area contributed by atoms with Crippen LogP contribution in [0.3, 0.4) is 0 Å². The Bertz CT molecular complexity index is 718. The molecular formula is C17H17BrN2. The van der Waals surface area contributed by atoms with E-state index in [-0.39, 0.29) is 0 Å². The molecule has 2 aromatic carbocycles. The lowest BCUT2D eigenvalue weighted by atomic mass is 10.1. The molecule has 2 nitrogen and oxygen atoms in total. The number of rotatable bonds is 4. The van der Waals surface area contributed by atoms with Crippen molar-refractivity contribution in [2.45, 2.75) is 19.5 Å². The molecule has 1 atom stereocenters. The molecule has 1 aromatic heterocycles. The highest BCUT2D eigenvalue weighted by Crippen LogP contribution is 2.19. The highest BCUT2D eigenvalue weighted by Gasteiger charge is 2.05. The third-order valence-electron chi connectivity index (χ3n) is 3.58. The predicted octanol–water partition coefficient (Wildman–Crippen LogP) is 4.78. The summed E-state index contributed by atoms with van der Waals surface area (Å²) in [6, 6.07) is 17.4. The van der Waals surface area contributed by atoms with Crippen molar-refractivity contribution >= 4 is 26.8 Å². The van der Waals surface area contributed by atoms with Crippen molar-refractivity contribution in [1.29, 1.82) is 0 Å². The van der Waals surface area contributed by atoms with Gasteiger partial charge in [-0.15, -0.1) is 0 Å². The quantitative estimate of drug-likeness (QED) is 0.708. The summed E-state index contributed by atoms with van der Waals surface area (Å²) >= 11 is 3.52. The summed E-state index contributed by atoms with van der Waals surface area (Å²) in [6.45, 7) is 3.06. The molecule has 102 valence electrons. The van der Waals surface area contributed by atoms with Crippen LogP contribution < -0.4 is 5.32 Å². The van der Waals surface area contributed by atoms with Crippen LogP contribution in [0.5, 0.6) is 0 Å². The van der Waals surface area contributed by atoms with Crippen molar-refractivity contribution < 1.29 is 0 Å². The number of aromatic amines is 1. The number of hydrogen-bond donors (Lipinski definition) is 2. The summed E-state index contributed by atoms with van der Waals surface area (Å²) in [6.07, 6.45) is 1.98. The summed E-state index contributed by atoms with van der Waals surface area (Å²) < 4.78 is 1.12. The number of benzene rings is 2. The van der Waals surface area contributed by atoms with Crippen LogP contribution in [-0.4, -0.2) is 4.98 Å². The predicted molar refractivity (Wildman–Crippen MR) is 87.7 cm³/mol. The summed E-state index contributed by atoms with van der Waals surface area (Å²) in [4.78, 5) is 3.22. The van der Waals surface area contributed by atoms with Gasteiger partial charge in [-0.25, -0.2) is 0 Å². The molecular weight excluding hydrogens is 312 g/mol. The Hall–Kier alpha value is -1.58. The number of halogens is 1. The van der Waals surface area contributed by atoms with Gasteiger partial charge in [-0.1, -0.05) is 34.1 Å². The number of nitrogens with one attached hydrogen (secondary N) is 2. The molecule has 3 heteroatoms. The second kappa shape index (κ2) is 5.81. The van der Waals surface area contributed by atoms with Gasteiger partial charge in [0.25, 0.3) is 0 Å². The Morgan fingerprint density at radius 2 is 2.05 bits per heavy atom. The molecule has 0 aliphatic rings. The topological polar surface area (TPSA) is 27.8 Å². The van der Waals surface area contributed by atoms with Crippen LogP contribution in [0.25, 0.3) is 10.9 Å². The highest BCUT2D eigenvalue weighted by atomic mass is 79.9. The number of fused-ring (bicyclic) bond motifs is 1. The normalized spacial score (nSPS) is 12.7. The van der Waals surface area contributed by atoms with Gasteiger partial charge < -0.3 is 10.3 Å². The fourth-order valence-electron chi connectivity index (χ4n) is 2.38. The third kappa shape index (κ3) is 2.94. The van der Waals surface area contributed by atoms with E-state index in [0.29, 0.717) is 6.04 Å². The van der Waals surface area contributed by atoms with Crippen LogP contribution in [-0.2, 0) is 6.54 Å². The Morgan fingerprint density at radius 1 is 1.15 bits per heavy atom. The summed E-state index contributed by atoms with van der Waals surface area (Å²) in [7, 11) is 0. The first kappa shape index (κ1) is 13.4. The molecule has 0 saturated carbocycles. The number of hydrogen-bond acceptors (Lipinski definition) is 1.